The van der Waals surface area contributed by atoms with Crippen molar-refractivity contribution in [1.82, 2.24) is 0 Å². The maximum absolute atomic E-state index is 16.1. The smallest absolute Gasteiger partial charge is 0.388 e. The molecule has 0 bridgehead atoms. The van der Waals surface area contributed by atoms with Crippen LogP contribution < -0.4 is 0 Å². The molecule has 0 aromatic heterocycles. The zero-order valence-corrected chi connectivity index (χ0v) is 18.7. The Bertz CT molecular complexity index is 1210. The average molecular weight is 472 g/mol. The number of aliphatic hydroxyl groups is 1. The van der Waals surface area contributed by atoms with E-state index in [1.165, 1.54) is 12.1 Å². The number of halogens is 5. The summed E-state index contributed by atoms with van der Waals surface area (Å²) in [6.45, 7) is 1.79. The van der Waals surface area contributed by atoms with Gasteiger partial charge in [0.15, 0.2) is 6.17 Å². The maximum atomic E-state index is 16.1. The van der Waals surface area contributed by atoms with Gasteiger partial charge in [0.05, 0.1) is 11.7 Å². The van der Waals surface area contributed by atoms with Crippen LogP contribution in [0.15, 0.2) is 54.6 Å². The van der Waals surface area contributed by atoms with Gasteiger partial charge < -0.3 is 5.11 Å². The highest BCUT2D eigenvalue weighted by molar-refractivity contribution is 5.76. The first-order chi connectivity index (χ1) is 16.1. The quantitative estimate of drug-likeness (QED) is 0.383. The van der Waals surface area contributed by atoms with E-state index in [1.54, 1.807) is 19.1 Å². The van der Waals surface area contributed by atoms with Gasteiger partial charge in [-0.05, 0) is 95.7 Å². The lowest BCUT2D eigenvalue weighted by atomic mass is 9.58. The molecule has 2 aliphatic rings. The van der Waals surface area contributed by atoms with Gasteiger partial charge in [0.2, 0.25) is 0 Å². The third-order valence-corrected chi connectivity index (χ3v) is 7.56. The van der Waals surface area contributed by atoms with Crippen molar-refractivity contribution in [3.05, 3.63) is 93.8 Å². The number of hydrogen-bond acceptors (Lipinski definition) is 1. The van der Waals surface area contributed by atoms with Crippen LogP contribution >= 0.6 is 0 Å². The van der Waals surface area contributed by atoms with Crippen LogP contribution in [0.2, 0.25) is 0 Å². The highest BCUT2D eigenvalue weighted by atomic mass is 19.4. The average Bonchev–Trinajstić information content (AvgIpc) is 2.76. The molecule has 1 saturated carbocycles. The van der Waals surface area contributed by atoms with Gasteiger partial charge in [-0.2, -0.15) is 13.2 Å². The van der Waals surface area contributed by atoms with Crippen molar-refractivity contribution in [1.29, 1.82) is 0 Å². The minimum atomic E-state index is -4.51. The Morgan fingerprint density at radius 1 is 1.00 bits per heavy atom. The van der Waals surface area contributed by atoms with Crippen LogP contribution in [0.4, 0.5) is 22.0 Å². The van der Waals surface area contributed by atoms with Gasteiger partial charge >= 0.3 is 6.18 Å². The molecule has 3 aromatic rings. The van der Waals surface area contributed by atoms with Gasteiger partial charge in [0, 0.05) is 5.56 Å². The highest BCUT2D eigenvalue weighted by Crippen LogP contribution is 2.56. The molecule has 6 heteroatoms. The largest absolute Gasteiger partial charge is 0.416 e. The molecule has 0 aliphatic heterocycles. The van der Waals surface area contributed by atoms with Crippen molar-refractivity contribution in [3.63, 3.8) is 0 Å². The minimum Gasteiger partial charge on any atom is -0.388 e. The van der Waals surface area contributed by atoms with Crippen molar-refractivity contribution in [3.8, 4) is 11.1 Å². The zero-order chi connectivity index (χ0) is 24.3. The molecule has 2 atom stereocenters. The predicted octanol–water partition coefficient (Wildman–Crippen LogP) is 8.03. The van der Waals surface area contributed by atoms with Gasteiger partial charge in [0.25, 0.3) is 0 Å². The second-order valence-corrected chi connectivity index (χ2v) is 9.79. The molecular weight excluding hydrogens is 447 g/mol. The summed E-state index contributed by atoms with van der Waals surface area (Å²) >= 11 is 0. The van der Waals surface area contributed by atoms with E-state index in [0.717, 1.165) is 55.5 Å². The van der Waals surface area contributed by atoms with Gasteiger partial charge in [-0.3, -0.25) is 0 Å². The summed E-state index contributed by atoms with van der Waals surface area (Å²) in [5.74, 6) is -0.430. The van der Waals surface area contributed by atoms with E-state index in [1.807, 2.05) is 6.07 Å². The van der Waals surface area contributed by atoms with Crippen LogP contribution in [0, 0.1) is 18.2 Å². The van der Waals surface area contributed by atoms with E-state index in [-0.39, 0.29) is 11.0 Å². The summed E-state index contributed by atoms with van der Waals surface area (Å²) in [7, 11) is 0. The molecule has 178 valence electrons. The van der Waals surface area contributed by atoms with Crippen LogP contribution in [0.1, 0.15) is 71.3 Å². The van der Waals surface area contributed by atoms with E-state index in [0.29, 0.717) is 34.2 Å². The Morgan fingerprint density at radius 3 is 2.21 bits per heavy atom. The van der Waals surface area contributed by atoms with Crippen LogP contribution in [-0.2, 0) is 12.6 Å². The standard InChI is InChI=1S/C28H25F5O/c1-16-13-19-14-27(11-2-12-27)15-22(34)24(19)25(17-5-9-21(29)10-6-17)23(16)26(30)18-3-7-20(8-4-18)28(31,32)33/h3-10,13,22,26,34H,2,11-12,14-15H2,1H3/t22-,26+/m0/s1. The molecule has 0 unspecified atom stereocenters. The van der Waals surface area contributed by atoms with Crippen molar-refractivity contribution in [2.45, 2.75) is 57.5 Å². The molecule has 0 saturated heterocycles. The van der Waals surface area contributed by atoms with E-state index < -0.39 is 29.8 Å². The SMILES string of the molecule is Cc1cc2c(c(-c3ccc(F)cc3)c1[C@H](F)c1ccc(C(F)(F)F)cc1)[C@@H](O)CC1(CCC1)C2. The topological polar surface area (TPSA) is 20.2 Å². The summed E-state index contributed by atoms with van der Waals surface area (Å²) in [6, 6.07) is 11.7. The third-order valence-electron chi connectivity index (χ3n) is 7.56. The number of rotatable bonds is 3. The molecule has 0 amide bonds. The molecule has 5 rings (SSSR count). The summed E-state index contributed by atoms with van der Waals surface area (Å²) in [4.78, 5) is 0. The normalized spacial score (nSPS) is 20.0. The fourth-order valence-electron chi connectivity index (χ4n) is 5.75. The Balaban J connectivity index is 1.68. The van der Waals surface area contributed by atoms with Crippen LogP contribution in [-0.4, -0.2) is 5.11 Å². The molecule has 0 heterocycles. The van der Waals surface area contributed by atoms with Gasteiger partial charge in [-0.1, -0.05) is 36.8 Å². The Morgan fingerprint density at radius 2 is 1.65 bits per heavy atom. The molecule has 3 aromatic carbocycles. The molecule has 1 spiro atoms. The zero-order valence-electron chi connectivity index (χ0n) is 18.7. The van der Waals surface area contributed by atoms with Crippen molar-refractivity contribution in [2.24, 2.45) is 5.41 Å². The fraction of sp³-hybridized carbons (Fsp3) is 0.357. The van der Waals surface area contributed by atoms with Crippen LogP contribution in [0.5, 0.6) is 0 Å². The number of fused-ring (bicyclic) bond motifs is 1. The first-order valence-corrected chi connectivity index (χ1v) is 11.5. The number of aliphatic hydroxyl groups excluding tert-OH is 1. The lowest BCUT2D eigenvalue weighted by Gasteiger charge is -2.48. The lowest BCUT2D eigenvalue weighted by Crippen LogP contribution is -2.37. The lowest BCUT2D eigenvalue weighted by molar-refractivity contribution is -0.137. The molecule has 0 radical (unpaired) electrons. The Hall–Kier alpha value is -2.73. The second-order valence-electron chi connectivity index (χ2n) is 9.79. The first-order valence-electron chi connectivity index (χ1n) is 11.5. The monoisotopic (exact) mass is 472 g/mol. The van der Waals surface area contributed by atoms with Gasteiger partial charge in [0.1, 0.15) is 5.82 Å². The summed E-state index contributed by atoms with van der Waals surface area (Å²) in [5.41, 5.74) is 3.01. The second kappa shape index (κ2) is 8.19. The van der Waals surface area contributed by atoms with Crippen molar-refractivity contribution >= 4 is 0 Å². The fourth-order valence-corrected chi connectivity index (χ4v) is 5.75. The van der Waals surface area contributed by atoms with E-state index in [9.17, 15) is 22.7 Å². The first kappa shape index (κ1) is 23.0. The third kappa shape index (κ3) is 3.92. The highest BCUT2D eigenvalue weighted by Gasteiger charge is 2.44. The van der Waals surface area contributed by atoms with Crippen LogP contribution in [0.3, 0.4) is 0 Å². The molecule has 34 heavy (non-hydrogen) atoms. The molecule has 1 N–H and O–H groups in total. The number of alkyl halides is 4. The number of aryl methyl sites for hydroxylation is 1. The predicted molar refractivity (Wildman–Crippen MR) is 121 cm³/mol. The van der Waals surface area contributed by atoms with Gasteiger partial charge in [-0.15, -0.1) is 0 Å². The number of benzene rings is 3. The van der Waals surface area contributed by atoms with Crippen molar-refractivity contribution < 1.29 is 27.1 Å². The summed E-state index contributed by atoms with van der Waals surface area (Å²) in [5, 5.41) is 11.2. The molecular formula is C28H25F5O. The molecule has 1 nitrogen and oxygen atoms in total. The Labute approximate surface area is 195 Å². The van der Waals surface area contributed by atoms with E-state index in [4.69, 9.17) is 0 Å². The van der Waals surface area contributed by atoms with Crippen molar-refractivity contribution in [2.75, 3.05) is 0 Å². The summed E-state index contributed by atoms with van der Waals surface area (Å²) < 4.78 is 68.8. The van der Waals surface area contributed by atoms with E-state index in [2.05, 4.69) is 0 Å². The molecule has 2 aliphatic carbocycles. The summed E-state index contributed by atoms with van der Waals surface area (Å²) in [6.07, 6.45) is -2.39. The van der Waals surface area contributed by atoms with Gasteiger partial charge in [-0.25, -0.2) is 8.78 Å². The minimum absolute atomic E-state index is 0.0724. The maximum Gasteiger partial charge on any atom is 0.416 e. The molecule has 1 fully saturated rings. The Kier molecular flexibility index (Phi) is 5.55. The van der Waals surface area contributed by atoms with Crippen LogP contribution in [0.25, 0.3) is 11.1 Å². The van der Waals surface area contributed by atoms with E-state index >= 15 is 4.39 Å². The number of hydrogen-bond donors (Lipinski definition) is 1.